The zero-order valence-corrected chi connectivity index (χ0v) is 10.3. The lowest BCUT2D eigenvalue weighted by atomic mass is 9.59. The van der Waals surface area contributed by atoms with Gasteiger partial charge in [-0.1, -0.05) is 13.8 Å². The predicted octanol–water partition coefficient (Wildman–Crippen LogP) is 1.51. The minimum atomic E-state index is -3.88. The first-order valence-electron chi connectivity index (χ1n) is 5.04. The van der Waals surface area contributed by atoms with Gasteiger partial charge in [-0.3, -0.25) is 4.79 Å². The van der Waals surface area contributed by atoms with Crippen molar-refractivity contribution >= 4 is 25.8 Å². The highest BCUT2D eigenvalue weighted by atomic mass is 35.7. The van der Waals surface area contributed by atoms with Crippen LogP contribution in [0.25, 0.3) is 0 Å². The highest BCUT2D eigenvalue weighted by Crippen LogP contribution is 2.55. The highest BCUT2D eigenvalue weighted by Gasteiger charge is 2.62. The zero-order valence-electron chi connectivity index (χ0n) is 8.73. The monoisotopic (exact) mass is 251 g/mol. The van der Waals surface area contributed by atoms with Crippen molar-refractivity contribution in [2.45, 2.75) is 38.6 Å². The van der Waals surface area contributed by atoms with Gasteiger partial charge < -0.3 is 0 Å². The highest BCUT2D eigenvalue weighted by molar-refractivity contribution is 8.12. The molecule has 0 N–H and O–H groups in total. The number of amides is 1. The van der Waals surface area contributed by atoms with Crippen LogP contribution in [0.3, 0.4) is 0 Å². The molecule has 0 bridgehead atoms. The van der Waals surface area contributed by atoms with Gasteiger partial charge in [0.15, 0.2) is 0 Å². The third-order valence-electron chi connectivity index (χ3n) is 3.58. The molecule has 6 heteroatoms. The molecule has 86 valence electrons. The van der Waals surface area contributed by atoms with E-state index in [0.29, 0.717) is 18.3 Å². The van der Waals surface area contributed by atoms with Crippen molar-refractivity contribution in [3.8, 4) is 0 Å². The summed E-state index contributed by atoms with van der Waals surface area (Å²) in [5.41, 5.74) is -0.466. The Bertz CT molecular complexity index is 398. The van der Waals surface area contributed by atoms with Gasteiger partial charge in [0.05, 0.1) is 12.0 Å². The van der Waals surface area contributed by atoms with E-state index in [9.17, 15) is 13.2 Å². The van der Waals surface area contributed by atoms with Crippen LogP contribution in [0.5, 0.6) is 0 Å². The molecule has 1 spiro atoms. The van der Waals surface area contributed by atoms with Crippen LogP contribution in [0.2, 0.25) is 0 Å². The molecule has 2 aliphatic rings. The Balaban J connectivity index is 2.12. The lowest BCUT2D eigenvalue weighted by Crippen LogP contribution is -2.70. The molecule has 1 amide bonds. The number of halogens is 1. The van der Waals surface area contributed by atoms with Crippen LogP contribution >= 0.6 is 10.7 Å². The number of carbonyl (C=O) groups is 1. The molecule has 1 saturated carbocycles. The summed E-state index contributed by atoms with van der Waals surface area (Å²) in [7, 11) is 1.35. The number of carbonyl (C=O) groups excluding carboxylic acids is 1. The Morgan fingerprint density at radius 1 is 1.47 bits per heavy atom. The number of β-lactam (4-membered cyclic amide) rings is 1. The molecule has 1 aliphatic heterocycles. The van der Waals surface area contributed by atoms with Gasteiger partial charge >= 0.3 is 9.24 Å². The Labute approximate surface area is 94.1 Å². The van der Waals surface area contributed by atoms with E-state index in [2.05, 4.69) is 13.8 Å². The van der Waals surface area contributed by atoms with E-state index >= 15 is 0 Å². The van der Waals surface area contributed by atoms with Crippen LogP contribution in [-0.4, -0.2) is 24.2 Å². The molecule has 0 unspecified atom stereocenters. The molecule has 0 atom stereocenters. The smallest absolute Gasteiger partial charge is 0.274 e. The molecule has 0 aromatic heterocycles. The molecular formula is C9H14ClNO3S. The number of hydrogen-bond acceptors (Lipinski definition) is 3. The van der Waals surface area contributed by atoms with E-state index in [1.807, 2.05) is 0 Å². The summed E-state index contributed by atoms with van der Waals surface area (Å²) >= 11 is 0. The predicted molar refractivity (Wildman–Crippen MR) is 56.5 cm³/mol. The third-order valence-corrected chi connectivity index (χ3v) is 5.02. The van der Waals surface area contributed by atoms with E-state index in [1.54, 1.807) is 0 Å². The maximum Gasteiger partial charge on any atom is 0.324 e. The van der Waals surface area contributed by atoms with Crippen LogP contribution < -0.4 is 0 Å². The lowest BCUT2D eigenvalue weighted by molar-refractivity contribution is -0.157. The van der Waals surface area contributed by atoms with Crippen molar-refractivity contribution in [1.82, 2.24) is 4.31 Å². The molecule has 2 rings (SSSR count). The summed E-state index contributed by atoms with van der Waals surface area (Å²) < 4.78 is 23.2. The second-order valence-electron chi connectivity index (χ2n) is 4.91. The van der Waals surface area contributed by atoms with E-state index in [0.717, 1.165) is 17.1 Å². The molecule has 0 radical (unpaired) electrons. The van der Waals surface area contributed by atoms with Crippen LogP contribution in [0.4, 0.5) is 0 Å². The molecule has 1 heterocycles. The fourth-order valence-corrected chi connectivity index (χ4v) is 4.30. The second kappa shape index (κ2) is 3.10. The van der Waals surface area contributed by atoms with Gasteiger partial charge in [-0.05, 0) is 24.7 Å². The van der Waals surface area contributed by atoms with Gasteiger partial charge in [-0.2, -0.15) is 8.42 Å². The van der Waals surface area contributed by atoms with Crippen LogP contribution in [0.15, 0.2) is 0 Å². The van der Waals surface area contributed by atoms with Gasteiger partial charge in [-0.15, -0.1) is 0 Å². The normalized spacial score (nSPS) is 35.6. The van der Waals surface area contributed by atoms with E-state index in [-0.39, 0.29) is 5.91 Å². The Morgan fingerprint density at radius 2 is 2.00 bits per heavy atom. The van der Waals surface area contributed by atoms with E-state index in [4.69, 9.17) is 10.7 Å². The maximum absolute atomic E-state index is 11.2. The molecule has 0 aromatic carbocycles. The third kappa shape index (κ3) is 1.56. The molecule has 4 nitrogen and oxygen atoms in total. The van der Waals surface area contributed by atoms with E-state index in [1.165, 1.54) is 0 Å². The molecule has 15 heavy (non-hydrogen) atoms. The number of hydrogen-bond donors (Lipinski definition) is 0. The molecule has 1 aliphatic carbocycles. The summed E-state index contributed by atoms with van der Waals surface area (Å²) in [5, 5.41) is 0. The van der Waals surface area contributed by atoms with Crippen molar-refractivity contribution in [2.24, 2.45) is 11.8 Å². The van der Waals surface area contributed by atoms with Crippen LogP contribution in [-0.2, 0) is 14.0 Å². The molecular weight excluding hydrogens is 238 g/mol. The van der Waals surface area contributed by atoms with Gasteiger partial charge in [0.25, 0.3) is 0 Å². The minimum absolute atomic E-state index is 0.335. The Hall–Kier alpha value is -0.290. The zero-order chi connectivity index (χ0) is 11.4. The SMILES string of the molecule is CC(C)C1CC2(CC(=O)N2S(=O)(=O)Cl)C1. The van der Waals surface area contributed by atoms with Gasteiger partial charge in [0, 0.05) is 10.7 Å². The summed E-state index contributed by atoms with van der Waals surface area (Å²) in [6, 6.07) is 0. The maximum atomic E-state index is 11.2. The summed E-state index contributed by atoms with van der Waals surface area (Å²) in [5.74, 6) is 0.678. The first-order chi connectivity index (χ1) is 6.76. The average molecular weight is 252 g/mol. The first kappa shape index (κ1) is 11.2. The van der Waals surface area contributed by atoms with Crippen molar-refractivity contribution in [3.05, 3.63) is 0 Å². The Morgan fingerprint density at radius 3 is 2.33 bits per heavy atom. The standard InChI is InChI=1S/C9H14ClNO3S/c1-6(2)7-3-9(4-7)5-8(12)11(9)15(10,13)14/h6-7H,3-5H2,1-2H3. The number of nitrogens with zero attached hydrogens (tertiary/aromatic N) is 1. The number of rotatable bonds is 2. The summed E-state index contributed by atoms with van der Waals surface area (Å²) in [4.78, 5) is 11.2. The Kier molecular flexibility index (Phi) is 2.32. The lowest BCUT2D eigenvalue weighted by Gasteiger charge is -2.59. The summed E-state index contributed by atoms with van der Waals surface area (Å²) in [6.45, 7) is 4.22. The fraction of sp³-hybridized carbons (Fsp3) is 0.889. The van der Waals surface area contributed by atoms with Crippen LogP contribution in [0, 0.1) is 11.8 Å². The summed E-state index contributed by atoms with van der Waals surface area (Å²) in [6.07, 6.45) is 1.87. The molecule has 1 saturated heterocycles. The van der Waals surface area contributed by atoms with E-state index < -0.39 is 14.8 Å². The van der Waals surface area contributed by atoms with Crippen molar-refractivity contribution in [2.75, 3.05) is 0 Å². The molecule has 2 fully saturated rings. The second-order valence-corrected chi connectivity index (χ2v) is 7.27. The van der Waals surface area contributed by atoms with Crippen molar-refractivity contribution in [1.29, 1.82) is 0 Å². The van der Waals surface area contributed by atoms with Gasteiger partial charge in [0.1, 0.15) is 0 Å². The van der Waals surface area contributed by atoms with Gasteiger partial charge in [0.2, 0.25) is 5.91 Å². The van der Waals surface area contributed by atoms with Crippen LogP contribution in [0.1, 0.15) is 33.1 Å². The quantitative estimate of drug-likeness (QED) is 0.552. The first-order valence-corrected chi connectivity index (χ1v) is 7.31. The topological polar surface area (TPSA) is 54.5 Å². The largest absolute Gasteiger partial charge is 0.324 e. The van der Waals surface area contributed by atoms with Gasteiger partial charge in [-0.25, -0.2) is 4.31 Å². The average Bonchev–Trinajstić information content (AvgIpc) is 1.89. The van der Waals surface area contributed by atoms with Crippen molar-refractivity contribution in [3.63, 3.8) is 0 Å². The molecule has 0 aromatic rings. The minimum Gasteiger partial charge on any atom is -0.274 e. The van der Waals surface area contributed by atoms with Crippen molar-refractivity contribution < 1.29 is 13.2 Å². The fourth-order valence-electron chi connectivity index (χ4n) is 2.65.